The average Bonchev–Trinajstić information content (AvgIpc) is 3.94. The van der Waals surface area contributed by atoms with Crippen molar-refractivity contribution in [1.29, 1.82) is 0 Å². The van der Waals surface area contributed by atoms with E-state index in [0.717, 1.165) is 6.42 Å². The summed E-state index contributed by atoms with van der Waals surface area (Å²) in [6.45, 7) is 17.5. The third-order valence-electron chi connectivity index (χ3n) is 16.8. The Balaban J connectivity index is 1.09. The van der Waals surface area contributed by atoms with Gasteiger partial charge in [-0.05, 0) is 59.3 Å². The van der Waals surface area contributed by atoms with Crippen LogP contribution >= 0.6 is 0 Å². The second kappa shape index (κ2) is 19.0. The van der Waals surface area contributed by atoms with Gasteiger partial charge in [0.2, 0.25) is 0 Å². The van der Waals surface area contributed by atoms with Crippen LogP contribution in [0, 0.1) is 29.6 Å². The first-order valence-electron chi connectivity index (χ1n) is 23.8. The van der Waals surface area contributed by atoms with Crippen molar-refractivity contribution in [3.05, 3.63) is 0 Å². The molecule has 64 heavy (non-hydrogen) atoms. The first-order valence-corrected chi connectivity index (χ1v) is 23.8. The van der Waals surface area contributed by atoms with Gasteiger partial charge in [-0.3, -0.25) is 4.79 Å². The summed E-state index contributed by atoms with van der Waals surface area (Å²) in [6, 6.07) is 0. The Morgan fingerprint density at radius 2 is 1.45 bits per heavy atom. The topological polar surface area (TPSA) is 209 Å². The summed E-state index contributed by atoms with van der Waals surface area (Å²) in [5.41, 5.74) is -1.60. The number of rotatable bonds is 13. The number of aliphatic hydroxyl groups is 3. The number of carbonyl (C=O) groups is 1. The van der Waals surface area contributed by atoms with Crippen LogP contribution in [-0.2, 0) is 61.6 Å². The predicted octanol–water partition coefficient (Wildman–Crippen LogP) is 4.32. The molecule has 0 aromatic carbocycles. The van der Waals surface area contributed by atoms with Gasteiger partial charge in [0.1, 0.15) is 18.3 Å². The van der Waals surface area contributed by atoms with Crippen molar-refractivity contribution in [3.8, 4) is 0 Å². The Morgan fingerprint density at radius 1 is 0.766 bits per heavy atom. The molecule has 370 valence electrons. The zero-order chi connectivity index (χ0) is 46.9. The zero-order valence-corrected chi connectivity index (χ0v) is 40.4. The molecule has 7 aliphatic heterocycles. The Labute approximate surface area is 379 Å². The highest BCUT2D eigenvalue weighted by molar-refractivity contribution is 5.68. The highest BCUT2D eigenvalue weighted by atomic mass is 16.7. The molecule has 7 rings (SSSR count). The number of ether oxygens (including phenoxy) is 12. The van der Waals surface area contributed by atoms with Gasteiger partial charge in [-0.15, -0.1) is 0 Å². The molecule has 7 heterocycles. The van der Waals surface area contributed by atoms with Crippen molar-refractivity contribution in [1.82, 2.24) is 0 Å². The average molecular weight is 917 g/mol. The van der Waals surface area contributed by atoms with Crippen LogP contribution in [0.2, 0.25) is 0 Å². The maximum absolute atomic E-state index is 11.9. The lowest BCUT2D eigenvalue weighted by Crippen LogP contribution is -2.65. The first-order chi connectivity index (χ1) is 30.0. The fourth-order valence-electron chi connectivity index (χ4n) is 12.7. The Hall–Kier alpha value is -1.13. The SMILES string of the molecule is CO[C@@H]1[C@@H](OC)[C@H](C)[C@@](O)(CC(=O)O)O[C@H]1[C@@H](C)[C@H]1O[C@@]2(CC[C@@](C)([C@H]3CC[C@@](C)([C@@H]4O[C@@H]([C@H]5O[C@@](C)(O)[C@H](C)C[C@@H]5C)C[C@@H]4O[C@H]4C[C@H](OC)[C@H](OC)[C@H](C)O4)O3)O2)C[C@H](O)[C@H]1C. The normalized spacial score (nSPS) is 54.1. The van der Waals surface area contributed by atoms with Gasteiger partial charge in [-0.2, -0.15) is 0 Å². The molecule has 17 nitrogen and oxygen atoms in total. The largest absolute Gasteiger partial charge is 0.481 e. The number of carboxylic acid groups (broad SMARTS) is 1. The summed E-state index contributed by atoms with van der Waals surface area (Å²) in [4.78, 5) is 11.9. The number of aliphatic hydroxyl groups excluding tert-OH is 1. The van der Waals surface area contributed by atoms with Crippen molar-refractivity contribution >= 4 is 5.97 Å². The lowest BCUT2D eigenvalue weighted by molar-refractivity contribution is -0.365. The van der Waals surface area contributed by atoms with Crippen LogP contribution in [0.15, 0.2) is 0 Å². The molecule has 0 amide bonds. The van der Waals surface area contributed by atoms with E-state index in [0.29, 0.717) is 38.5 Å². The van der Waals surface area contributed by atoms with Crippen LogP contribution in [0.5, 0.6) is 0 Å². The third-order valence-corrected chi connectivity index (χ3v) is 16.8. The Bertz CT molecular complexity index is 1600. The fraction of sp³-hybridized carbons (Fsp3) is 0.979. The summed E-state index contributed by atoms with van der Waals surface area (Å²) >= 11 is 0. The predicted molar refractivity (Wildman–Crippen MR) is 228 cm³/mol. The lowest BCUT2D eigenvalue weighted by atomic mass is 9.75. The van der Waals surface area contributed by atoms with E-state index in [2.05, 4.69) is 13.8 Å². The van der Waals surface area contributed by atoms with E-state index in [-0.39, 0.29) is 60.8 Å². The van der Waals surface area contributed by atoms with Crippen LogP contribution in [0.1, 0.15) is 120 Å². The maximum Gasteiger partial charge on any atom is 0.308 e. The van der Waals surface area contributed by atoms with Crippen LogP contribution in [0.25, 0.3) is 0 Å². The molecule has 1 spiro atoms. The molecule has 0 unspecified atom stereocenters. The van der Waals surface area contributed by atoms with Crippen LogP contribution in [0.4, 0.5) is 0 Å². The van der Waals surface area contributed by atoms with Gasteiger partial charge in [-0.1, -0.05) is 34.6 Å². The molecule has 0 aromatic rings. The van der Waals surface area contributed by atoms with Crippen LogP contribution in [0.3, 0.4) is 0 Å². The number of aliphatic carboxylic acids is 1. The second-order valence-corrected chi connectivity index (χ2v) is 21.3. The Morgan fingerprint density at radius 3 is 2.09 bits per heavy atom. The number of methoxy groups -OCH3 is 4. The minimum Gasteiger partial charge on any atom is -0.481 e. The highest BCUT2D eigenvalue weighted by Gasteiger charge is 2.64. The quantitative estimate of drug-likeness (QED) is 0.203. The number of hydrogen-bond acceptors (Lipinski definition) is 16. The highest BCUT2D eigenvalue weighted by Crippen LogP contribution is 2.55. The molecule has 0 saturated carbocycles. The van der Waals surface area contributed by atoms with Gasteiger partial charge in [-0.25, -0.2) is 0 Å². The molecule has 0 radical (unpaired) electrons. The summed E-state index contributed by atoms with van der Waals surface area (Å²) in [7, 11) is 6.37. The number of hydrogen-bond donors (Lipinski definition) is 4. The minimum absolute atomic E-state index is 0.0406. The number of carboxylic acids is 1. The van der Waals surface area contributed by atoms with E-state index in [9.17, 15) is 25.2 Å². The summed E-state index contributed by atoms with van der Waals surface area (Å²) < 4.78 is 77.6. The van der Waals surface area contributed by atoms with Gasteiger partial charge >= 0.3 is 5.97 Å². The van der Waals surface area contributed by atoms with Gasteiger partial charge in [0, 0.05) is 77.8 Å². The van der Waals surface area contributed by atoms with Gasteiger partial charge in [0.25, 0.3) is 0 Å². The van der Waals surface area contributed by atoms with Crippen molar-refractivity contribution in [2.75, 3.05) is 28.4 Å². The summed E-state index contributed by atoms with van der Waals surface area (Å²) in [5.74, 6) is -7.18. The van der Waals surface area contributed by atoms with Crippen molar-refractivity contribution in [2.24, 2.45) is 29.6 Å². The van der Waals surface area contributed by atoms with Crippen molar-refractivity contribution < 1.29 is 82.1 Å². The van der Waals surface area contributed by atoms with Gasteiger partial charge in [0.05, 0.1) is 78.7 Å². The van der Waals surface area contributed by atoms with Crippen LogP contribution < -0.4 is 0 Å². The zero-order valence-electron chi connectivity index (χ0n) is 40.4. The molecule has 24 atom stereocenters. The molecule has 0 aromatic heterocycles. The molecular weight excluding hydrogens is 836 g/mol. The molecule has 7 aliphatic rings. The van der Waals surface area contributed by atoms with Crippen molar-refractivity contribution in [2.45, 2.75) is 234 Å². The van der Waals surface area contributed by atoms with E-state index < -0.39 is 102 Å². The van der Waals surface area contributed by atoms with E-state index in [1.807, 2.05) is 34.6 Å². The molecule has 4 N–H and O–H groups in total. The van der Waals surface area contributed by atoms with E-state index in [1.54, 1.807) is 28.1 Å². The van der Waals surface area contributed by atoms with Crippen molar-refractivity contribution in [3.63, 3.8) is 0 Å². The molecule has 0 aliphatic carbocycles. The molecule has 0 bridgehead atoms. The van der Waals surface area contributed by atoms with Gasteiger partial charge in [0.15, 0.2) is 23.7 Å². The summed E-state index contributed by atoms with van der Waals surface area (Å²) in [5, 5.41) is 44.3. The molecule has 17 heteroatoms. The molecule has 7 fully saturated rings. The monoisotopic (exact) mass is 917 g/mol. The summed E-state index contributed by atoms with van der Waals surface area (Å²) in [6.07, 6.45) is -3.18. The minimum atomic E-state index is -2.03. The second-order valence-electron chi connectivity index (χ2n) is 21.3. The maximum atomic E-state index is 11.9. The van der Waals surface area contributed by atoms with Gasteiger partial charge < -0.3 is 77.3 Å². The molecule has 7 saturated heterocycles. The van der Waals surface area contributed by atoms with E-state index in [1.165, 1.54) is 14.2 Å². The van der Waals surface area contributed by atoms with Crippen LogP contribution in [-0.4, -0.2) is 169 Å². The lowest BCUT2D eigenvalue weighted by Gasteiger charge is -2.53. The van der Waals surface area contributed by atoms with E-state index >= 15 is 0 Å². The first kappa shape index (κ1) is 50.7. The Kier molecular flexibility index (Phi) is 15.1. The third kappa shape index (κ3) is 9.46. The standard InChI is InChI=1S/C47H80O17/c1-23-18-24(2)45(9,51)61-36(23)31-19-32(58-35-20-30(53-10)40(55-12)28(6)57-35)42(59-31)44(8)15-14-33(60-44)43(7)16-17-46(64-43)21-29(48)25(3)37(62-46)26(4)38-41(56-13)39(54-11)27(5)47(52,63-38)22-34(49)50/h23-33,35-42,48,51-52H,14-22H2,1-13H3,(H,49,50)/t23-,24+,25+,26-,27-,28-,29-,30-,31+,32-,33+,35-,36-,37-,38-,39-,40+,41-,42+,43-,44-,45+,46+,47+/m0/s1. The molecular formula is C47H80O17. The fourth-order valence-corrected chi connectivity index (χ4v) is 12.7. The smallest absolute Gasteiger partial charge is 0.308 e. The van der Waals surface area contributed by atoms with E-state index in [4.69, 9.17) is 56.8 Å².